The monoisotopic (exact) mass is 443 g/mol. The number of rotatable bonds is 8. The molecule has 0 spiro atoms. The number of nitrogens with two attached hydrogens (primary N) is 2. The van der Waals surface area contributed by atoms with Crippen molar-refractivity contribution in [3.05, 3.63) is 79.1 Å². The normalized spacial score (nSPS) is 14.4. The fourth-order valence-corrected chi connectivity index (χ4v) is 3.53. The van der Waals surface area contributed by atoms with E-state index in [1.807, 2.05) is 30.3 Å². The minimum absolute atomic E-state index is 0.00881. The van der Waals surface area contributed by atoms with Gasteiger partial charge in [0.2, 0.25) is 5.91 Å². The van der Waals surface area contributed by atoms with Gasteiger partial charge < -0.3 is 26.8 Å². The fourth-order valence-electron chi connectivity index (χ4n) is 3.53. The zero-order valence-corrected chi connectivity index (χ0v) is 18.0. The Morgan fingerprint density at radius 2 is 1.88 bits per heavy atom. The number of nitrogens with zero attached hydrogens (tertiary/aromatic N) is 4. The van der Waals surface area contributed by atoms with Crippen LogP contribution in [0.1, 0.15) is 18.4 Å². The Kier molecular flexibility index (Phi) is 5.95. The molecule has 1 fully saturated rings. The lowest BCUT2D eigenvalue weighted by Gasteiger charge is -2.28. The number of nitrogen functional groups attached to an aromatic ring is 1. The third-order valence-electron chi connectivity index (χ3n) is 5.46. The first-order chi connectivity index (χ1) is 15.9. The molecule has 0 bridgehead atoms. The summed E-state index contributed by atoms with van der Waals surface area (Å²) in [5.74, 6) is 0.426. The van der Waals surface area contributed by atoms with Gasteiger partial charge >= 0.3 is 0 Å². The molecule has 4 rings (SSSR count). The highest BCUT2D eigenvalue weighted by Crippen LogP contribution is 2.41. The number of benzene rings is 2. The van der Waals surface area contributed by atoms with Crippen LogP contribution in [-0.4, -0.2) is 38.9 Å². The van der Waals surface area contributed by atoms with Gasteiger partial charge in [0, 0.05) is 12.2 Å². The lowest BCUT2D eigenvalue weighted by atomic mass is 10.1. The molecule has 1 saturated carbocycles. The Bertz CT molecular complexity index is 1210. The summed E-state index contributed by atoms with van der Waals surface area (Å²) in [6.07, 6.45) is 4.28. The number of aromatic nitrogens is 2. The summed E-state index contributed by atoms with van der Waals surface area (Å²) in [6, 6.07) is 16.0. The molecule has 1 aliphatic rings. The van der Waals surface area contributed by atoms with Crippen molar-refractivity contribution < 1.29 is 9.90 Å². The predicted octanol–water partition coefficient (Wildman–Crippen LogP) is 2.97. The number of hydrogen-bond donors (Lipinski definition) is 4. The summed E-state index contributed by atoms with van der Waals surface area (Å²) >= 11 is 0. The quantitative estimate of drug-likeness (QED) is 0.238. The zero-order chi connectivity index (χ0) is 23.4. The molecule has 0 aliphatic heterocycles. The summed E-state index contributed by atoms with van der Waals surface area (Å²) < 4.78 is 0. The molecule has 9 nitrogen and oxygen atoms in total. The van der Waals surface area contributed by atoms with Gasteiger partial charge in [-0.05, 0) is 43.2 Å². The molecule has 2 aromatic carbocycles. The van der Waals surface area contributed by atoms with Crippen LogP contribution in [0.25, 0.3) is 0 Å². The summed E-state index contributed by atoms with van der Waals surface area (Å²) in [5, 5.41) is 13.5. The highest BCUT2D eigenvalue weighted by Gasteiger charge is 2.46. The van der Waals surface area contributed by atoms with Crippen molar-refractivity contribution in [1.29, 1.82) is 0 Å². The number of nitrogens with one attached hydrogen (secondary N) is 1. The predicted molar refractivity (Wildman–Crippen MR) is 130 cm³/mol. The lowest BCUT2D eigenvalue weighted by molar-refractivity contribution is -0.114. The van der Waals surface area contributed by atoms with Crippen LogP contribution in [0.2, 0.25) is 0 Å². The Morgan fingerprint density at radius 3 is 2.55 bits per heavy atom. The first kappa shape index (κ1) is 21.8. The number of anilines is 3. The Morgan fingerprint density at radius 1 is 1.18 bits per heavy atom. The molecule has 1 aromatic heterocycles. The van der Waals surface area contributed by atoms with E-state index in [1.54, 1.807) is 23.1 Å². The van der Waals surface area contributed by atoms with E-state index >= 15 is 0 Å². The Labute approximate surface area is 191 Å². The van der Waals surface area contributed by atoms with Gasteiger partial charge in [-0.15, -0.1) is 0 Å². The number of aromatic hydroxyl groups is 1. The first-order valence-electron chi connectivity index (χ1n) is 10.4. The van der Waals surface area contributed by atoms with E-state index in [1.165, 1.54) is 18.5 Å². The highest BCUT2D eigenvalue weighted by atomic mass is 16.3. The molecule has 0 unspecified atom stereocenters. The second-order valence-corrected chi connectivity index (χ2v) is 7.84. The lowest BCUT2D eigenvalue weighted by Crippen LogP contribution is -2.42. The van der Waals surface area contributed by atoms with Gasteiger partial charge in [-0.3, -0.25) is 4.79 Å². The second-order valence-electron chi connectivity index (χ2n) is 7.84. The van der Waals surface area contributed by atoms with Gasteiger partial charge in [0.25, 0.3) is 0 Å². The minimum Gasteiger partial charge on any atom is -0.506 e. The van der Waals surface area contributed by atoms with Crippen molar-refractivity contribution >= 4 is 34.8 Å². The maximum absolute atomic E-state index is 12.6. The van der Waals surface area contributed by atoms with Crippen LogP contribution >= 0.6 is 0 Å². The molecule has 1 heterocycles. The molecule has 3 aromatic rings. The number of carbonyl (C=O) groups excluding carboxylic acids is 1. The second kappa shape index (κ2) is 8.99. The van der Waals surface area contributed by atoms with Crippen LogP contribution in [-0.2, 0) is 4.79 Å². The van der Waals surface area contributed by atoms with Crippen LogP contribution in [0.3, 0.4) is 0 Å². The number of carbonyl (C=O) groups is 1. The van der Waals surface area contributed by atoms with Gasteiger partial charge in [-0.1, -0.05) is 36.9 Å². The molecular formula is C24H25N7O2. The van der Waals surface area contributed by atoms with E-state index in [-0.39, 0.29) is 23.3 Å². The largest absolute Gasteiger partial charge is 0.506 e. The third kappa shape index (κ3) is 4.77. The van der Waals surface area contributed by atoms with E-state index in [2.05, 4.69) is 26.9 Å². The fraction of sp³-hybridized carbons (Fsp3) is 0.167. The van der Waals surface area contributed by atoms with Gasteiger partial charge in [0.15, 0.2) is 0 Å². The SMILES string of the molecule is C=CC(=O)N(CC1(Nc2ncnc(N)c2C(N)=Nc2ccccc2O)CC1)c1ccccc1. The molecule has 33 heavy (non-hydrogen) atoms. The summed E-state index contributed by atoms with van der Waals surface area (Å²) in [6.45, 7) is 4.04. The van der Waals surface area contributed by atoms with E-state index in [0.717, 1.165) is 18.5 Å². The van der Waals surface area contributed by atoms with Crippen LogP contribution in [0.4, 0.5) is 23.0 Å². The molecule has 1 aliphatic carbocycles. The van der Waals surface area contributed by atoms with Crippen LogP contribution in [0, 0.1) is 0 Å². The van der Waals surface area contributed by atoms with Crippen molar-refractivity contribution in [2.24, 2.45) is 10.7 Å². The van der Waals surface area contributed by atoms with Crippen LogP contribution < -0.4 is 21.7 Å². The number of phenols is 1. The highest BCUT2D eigenvalue weighted by molar-refractivity contribution is 6.07. The van der Waals surface area contributed by atoms with Gasteiger partial charge in [-0.2, -0.15) is 0 Å². The molecular weight excluding hydrogens is 418 g/mol. The molecule has 0 atom stereocenters. The third-order valence-corrected chi connectivity index (χ3v) is 5.46. The summed E-state index contributed by atoms with van der Waals surface area (Å²) in [7, 11) is 0. The molecule has 6 N–H and O–H groups in total. The Hall–Kier alpha value is -4.40. The standard InChI is InChI=1S/C24H25N7O2/c1-2-19(33)31(16-8-4-3-5-9-16)14-24(12-13-24)30-23-20(21(25)27-15-28-23)22(26)29-17-10-6-7-11-18(17)32/h2-11,15,32H,1,12-14H2,(H2,26,29)(H3,25,27,28,30). The molecule has 0 saturated heterocycles. The number of amides is 1. The number of aliphatic imine (C=N–C) groups is 1. The van der Waals surface area contributed by atoms with Crippen molar-refractivity contribution in [3.63, 3.8) is 0 Å². The van der Waals surface area contributed by atoms with Crippen molar-refractivity contribution in [2.45, 2.75) is 18.4 Å². The number of amidine groups is 1. The van der Waals surface area contributed by atoms with Crippen LogP contribution in [0.5, 0.6) is 5.75 Å². The summed E-state index contributed by atoms with van der Waals surface area (Å²) in [4.78, 5) is 27.0. The van der Waals surface area contributed by atoms with Crippen molar-refractivity contribution in [1.82, 2.24) is 9.97 Å². The molecule has 9 heteroatoms. The van der Waals surface area contributed by atoms with E-state index in [0.29, 0.717) is 23.6 Å². The number of phenolic OH excluding ortho intramolecular Hbond substituents is 1. The zero-order valence-electron chi connectivity index (χ0n) is 18.0. The van der Waals surface area contributed by atoms with E-state index < -0.39 is 5.54 Å². The van der Waals surface area contributed by atoms with Gasteiger partial charge in [0.05, 0.1) is 5.54 Å². The first-order valence-corrected chi connectivity index (χ1v) is 10.4. The number of para-hydroxylation sites is 3. The average Bonchev–Trinajstić information content (AvgIpc) is 3.58. The minimum atomic E-state index is -0.417. The maximum Gasteiger partial charge on any atom is 0.250 e. The van der Waals surface area contributed by atoms with Gasteiger partial charge in [0.1, 0.15) is 40.8 Å². The average molecular weight is 444 g/mol. The van der Waals surface area contributed by atoms with E-state index in [9.17, 15) is 9.90 Å². The molecule has 168 valence electrons. The topological polar surface area (TPSA) is 143 Å². The van der Waals surface area contributed by atoms with Gasteiger partial charge in [-0.25, -0.2) is 15.0 Å². The summed E-state index contributed by atoms with van der Waals surface area (Å²) in [5.41, 5.74) is 13.4. The number of hydrogen-bond acceptors (Lipinski definition) is 7. The maximum atomic E-state index is 12.6. The molecule has 0 radical (unpaired) electrons. The van der Waals surface area contributed by atoms with Crippen molar-refractivity contribution in [2.75, 3.05) is 22.5 Å². The van der Waals surface area contributed by atoms with E-state index in [4.69, 9.17) is 11.5 Å². The Balaban J connectivity index is 1.64. The van der Waals surface area contributed by atoms with Crippen LogP contribution in [0.15, 0.2) is 78.6 Å². The smallest absolute Gasteiger partial charge is 0.250 e. The molecule has 1 amide bonds. The van der Waals surface area contributed by atoms with Crippen molar-refractivity contribution in [3.8, 4) is 5.75 Å².